The van der Waals surface area contributed by atoms with Crippen LogP contribution < -0.4 is 10.5 Å². The predicted molar refractivity (Wildman–Crippen MR) is 81.1 cm³/mol. The van der Waals surface area contributed by atoms with Gasteiger partial charge in [-0.3, -0.25) is 4.79 Å². The van der Waals surface area contributed by atoms with Crippen molar-refractivity contribution in [2.75, 3.05) is 19.0 Å². The minimum atomic E-state index is -0.0836. The van der Waals surface area contributed by atoms with Crippen LogP contribution in [0.2, 0.25) is 0 Å². The van der Waals surface area contributed by atoms with E-state index in [0.29, 0.717) is 6.54 Å². The van der Waals surface area contributed by atoms with E-state index in [-0.39, 0.29) is 5.56 Å². The molecule has 0 aliphatic heterocycles. The van der Waals surface area contributed by atoms with Gasteiger partial charge in [0.25, 0.3) is 5.56 Å². The summed E-state index contributed by atoms with van der Waals surface area (Å²) < 4.78 is 2.65. The average molecular weight is 355 g/mol. The summed E-state index contributed by atoms with van der Waals surface area (Å²) in [6.07, 6.45) is 1.70. The molecule has 0 aliphatic carbocycles. The topological polar surface area (TPSA) is 38.1 Å². The van der Waals surface area contributed by atoms with Gasteiger partial charge in [-0.1, -0.05) is 12.1 Å². The van der Waals surface area contributed by atoms with Crippen LogP contribution in [0, 0.1) is 3.57 Å². The van der Waals surface area contributed by atoms with E-state index in [4.69, 9.17) is 0 Å². The highest BCUT2D eigenvalue weighted by atomic mass is 127. The van der Waals surface area contributed by atoms with Crippen molar-refractivity contribution in [3.05, 3.63) is 56.0 Å². The molecule has 2 rings (SSSR count). The fourth-order valence-electron chi connectivity index (χ4n) is 1.55. The van der Waals surface area contributed by atoms with Gasteiger partial charge in [-0.2, -0.15) is 5.10 Å². The molecular weight excluding hydrogens is 341 g/mol. The molecule has 0 saturated heterocycles. The van der Waals surface area contributed by atoms with Crippen molar-refractivity contribution >= 4 is 28.3 Å². The van der Waals surface area contributed by atoms with Crippen LogP contribution in [0.1, 0.15) is 5.56 Å². The van der Waals surface area contributed by atoms with E-state index < -0.39 is 0 Å². The predicted octanol–water partition coefficient (Wildman–Crippen LogP) is 1.96. The zero-order chi connectivity index (χ0) is 13.1. The van der Waals surface area contributed by atoms with Crippen molar-refractivity contribution in [2.45, 2.75) is 6.54 Å². The van der Waals surface area contributed by atoms with Gasteiger partial charge in [0, 0.05) is 23.7 Å². The van der Waals surface area contributed by atoms with E-state index in [1.807, 2.05) is 43.3 Å². The third kappa shape index (κ3) is 3.10. The van der Waals surface area contributed by atoms with Crippen molar-refractivity contribution < 1.29 is 0 Å². The van der Waals surface area contributed by atoms with Gasteiger partial charge in [-0.05, 0) is 40.3 Å². The second-order valence-electron chi connectivity index (χ2n) is 4.23. The van der Waals surface area contributed by atoms with Crippen molar-refractivity contribution in [3.63, 3.8) is 0 Å². The Balaban J connectivity index is 2.25. The quantitative estimate of drug-likeness (QED) is 0.791. The molecular formula is C13H14IN3O. The van der Waals surface area contributed by atoms with E-state index >= 15 is 0 Å². The monoisotopic (exact) mass is 355 g/mol. The van der Waals surface area contributed by atoms with E-state index in [1.54, 1.807) is 12.3 Å². The molecule has 18 heavy (non-hydrogen) atoms. The molecule has 0 bridgehead atoms. The summed E-state index contributed by atoms with van der Waals surface area (Å²) >= 11 is 2.26. The van der Waals surface area contributed by atoms with Gasteiger partial charge < -0.3 is 4.90 Å². The highest BCUT2D eigenvalue weighted by molar-refractivity contribution is 14.1. The Morgan fingerprint density at radius 2 is 1.94 bits per heavy atom. The second-order valence-corrected chi connectivity index (χ2v) is 5.48. The summed E-state index contributed by atoms with van der Waals surface area (Å²) in [5.74, 6) is 0. The molecule has 0 fully saturated rings. The molecule has 1 aromatic carbocycles. The van der Waals surface area contributed by atoms with Crippen molar-refractivity contribution in [1.29, 1.82) is 0 Å². The van der Waals surface area contributed by atoms with Crippen LogP contribution in [0.15, 0.2) is 41.3 Å². The van der Waals surface area contributed by atoms with Gasteiger partial charge in [-0.25, -0.2) is 4.68 Å². The Morgan fingerprint density at radius 1 is 1.28 bits per heavy atom. The second kappa shape index (κ2) is 5.51. The lowest BCUT2D eigenvalue weighted by molar-refractivity contribution is 0.638. The van der Waals surface area contributed by atoms with E-state index in [1.165, 1.54) is 8.25 Å². The number of halogens is 1. The maximum absolute atomic E-state index is 11.9. The Hall–Kier alpha value is -1.37. The first kappa shape index (κ1) is 13.1. The smallest absolute Gasteiger partial charge is 0.269 e. The van der Waals surface area contributed by atoms with Crippen molar-refractivity contribution in [2.24, 2.45) is 0 Å². The summed E-state index contributed by atoms with van der Waals surface area (Å²) in [7, 11) is 3.78. The molecule has 4 nitrogen and oxygen atoms in total. The molecule has 0 N–H and O–H groups in total. The maximum Gasteiger partial charge on any atom is 0.269 e. The molecule has 0 saturated carbocycles. The number of benzene rings is 1. The van der Waals surface area contributed by atoms with Crippen LogP contribution >= 0.6 is 22.6 Å². The molecule has 94 valence electrons. The SMILES string of the molecule is CN(C)c1cnn(Cc2ccc(I)cc2)c(=O)c1. The van der Waals surface area contributed by atoms with Crippen LogP contribution in [-0.4, -0.2) is 23.9 Å². The van der Waals surface area contributed by atoms with Gasteiger partial charge in [-0.15, -0.1) is 0 Å². The lowest BCUT2D eigenvalue weighted by Crippen LogP contribution is -2.24. The highest BCUT2D eigenvalue weighted by Crippen LogP contribution is 2.08. The molecule has 1 aromatic heterocycles. The first-order chi connectivity index (χ1) is 8.56. The van der Waals surface area contributed by atoms with Gasteiger partial charge in [0.1, 0.15) is 0 Å². The maximum atomic E-state index is 11.9. The third-order valence-corrected chi connectivity index (χ3v) is 3.34. The summed E-state index contributed by atoms with van der Waals surface area (Å²) in [5, 5.41) is 4.18. The van der Waals surface area contributed by atoms with Gasteiger partial charge in [0.05, 0.1) is 18.4 Å². The normalized spacial score (nSPS) is 10.4. The molecule has 0 amide bonds. The molecule has 2 aromatic rings. The summed E-state index contributed by atoms with van der Waals surface area (Å²) in [5.41, 5.74) is 1.81. The van der Waals surface area contributed by atoms with E-state index in [2.05, 4.69) is 27.7 Å². The van der Waals surface area contributed by atoms with Crippen LogP contribution in [0.25, 0.3) is 0 Å². The average Bonchev–Trinajstić information content (AvgIpc) is 2.34. The Bertz CT molecular complexity index is 590. The molecule has 0 unspecified atom stereocenters. The standard InChI is InChI=1S/C13H14IN3O/c1-16(2)12-7-13(18)17(15-8-12)9-10-3-5-11(14)6-4-10/h3-8H,9H2,1-2H3. The van der Waals surface area contributed by atoms with E-state index in [0.717, 1.165) is 11.3 Å². The number of hydrogen-bond donors (Lipinski definition) is 0. The lowest BCUT2D eigenvalue weighted by atomic mass is 10.2. The van der Waals surface area contributed by atoms with Crippen LogP contribution in [-0.2, 0) is 6.54 Å². The van der Waals surface area contributed by atoms with Gasteiger partial charge in [0.2, 0.25) is 0 Å². The number of aromatic nitrogens is 2. The van der Waals surface area contributed by atoms with Gasteiger partial charge >= 0.3 is 0 Å². The zero-order valence-electron chi connectivity index (χ0n) is 10.3. The number of anilines is 1. The molecule has 1 heterocycles. The number of hydrogen-bond acceptors (Lipinski definition) is 3. The zero-order valence-corrected chi connectivity index (χ0v) is 12.5. The van der Waals surface area contributed by atoms with Crippen LogP contribution in [0.5, 0.6) is 0 Å². The first-order valence-corrected chi connectivity index (χ1v) is 6.63. The summed E-state index contributed by atoms with van der Waals surface area (Å²) in [6, 6.07) is 9.66. The molecule has 0 atom stereocenters. The summed E-state index contributed by atoms with van der Waals surface area (Å²) in [4.78, 5) is 13.8. The molecule has 0 aliphatic rings. The van der Waals surface area contributed by atoms with E-state index in [9.17, 15) is 4.79 Å². The fraction of sp³-hybridized carbons (Fsp3) is 0.231. The van der Waals surface area contributed by atoms with Crippen LogP contribution in [0.4, 0.5) is 5.69 Å². The largest absolute Gasteiger partial charge is 0.376 e. The Kier molecular flexibility index (Phi) is 4.00. The summed E-state index contributed by atoms with van der Waals surface area (Å²) in [6.45, 7) is 0.503. The minimum Gasteiger partial charge on any atom is -0.376 e. The van der Waals surface area contributed by atoms with Crippen molar-refractivity contribution in [3.8, 4) is 0 Å². The lowest BCUT2D eigenvalue weighted by Gasteiger charge is -2.12. The van der Waals surface area contributed by atoms with Gasteiger partial charge in [0.15, 0.2) is 0 Å². The Labute approximate surface area is 119 Å². The highest BCUT2D eigenvalue weighted by Gasteiger charge is 2.02. The fourth-order valence-corrected chi connectivity index (χ4v) is 1.91. The van der Waals surface area contributed by atoms with Crippen molar-refractivity contribution in [1.82, 2.24) is 9.78 Å². The molecule has 5 heteroatoms. The third-order valence-electron chi connectivity index (χ3n) is 2.62. The number of rotatable bonds is 3. The first-order valence-electron chi connectivity index (χ1n) is 5.55. The molecule has 0 spiro atoms. The number of nitrogens with zero attached hydrogens (tertiary/aromatic N) is 3. The Morgan fingerprint density at radius 3 is 2.50 bits per heavy atom. The molecule has 0 radical (unpaired) electrons. The minimum absolute atomic E-state index is 0.0836. The van der Waals surface area contributed by atoms with Crippen LogP contribution in [0.3, 0.4) is 0 Å².